The second-order valence-corrected chi connectivity index (χ2v) is 6.24. The fourth-order valence-corrected chi connectivity index (χ4v) is 2.42. The zero-order valence-electron chi connectivity index (χ0n) is 14.4. The van der Waals surface area contributed by atoms with E-state index in [1.807, 2.05) is 31.2 Å². The summed E-state index contributed by atoms with van der Waals surface area (Å²) in [6, 6.07) is 11.4. The molecule has 23 heavy (non-hydrogen) atoms. The van der Waals surface area contributed by atoms with Crippen molar-refractivity contribution in [3.63, 3.8) is 0 Å². The summed E-state index contributed by atoms with van der Waals surface area (Å²) >= 11 is 0. The van der Waals surface area contributed by atoms with Crippen LogP contribution in [0.25, 0.3) is 16.9 Å². The molecule has 0 saturated carbocycles. The average molecular weight is 312 g/mol. The van der Waals surface area contributed by atoms with E-state index in [-0.39, 0.29) is 5.82 Å². The lowest BCUT2D eigenvalue weighted by Crippen LogP contribution is -2.04. The average Bonchev–Trinajstić information content (AvgIpc) is 2.54. The van der Waals surface area contributed by atoms with Gasteiger partial charge in [0.25, 0.3) is 0 Å². The van der Waals surface area contributed by atoms with Gasteiger partial charge in [0.15, 0.2) is 0 Å². The van der Waals surface area contributed by atoms with Crippen LogP contribution in [0.4, 0.5) is 4.39 Å². The van der Waals surface area contributed by atoms with Gasteiger partial charge in [0, 0.05) is 5.56 Å². The highest BCUT2D eigenvalue weighted by Gasteiger charge is 2.09. The molecule has 0 fully saturated rings. The molecule has 122 valence electrons. The van der Waals surface area contributed by atoms with Crippen LogP contribution in [-0.2, 0) is 4.74 Å². The molecular weight excluding hydrogens is 287 g/mol. The summed E-state index contributed by atoms with van der Waals surface area (Å²) in [6.45, 7) is 12.9. The highest BCUT2D eigenvalue weighted by Crippen LogP contribution is 2.27. The van der Waals surface area contributed by atoms with E-state index in [4.69, 9.17) is 4.74 Å². The highest BCUT2D eigenvalue weighted by molar-refractivity contribution is 5.70. The summed E-state index contributed by atoms with van der Waals surface area (Å²) in [7, 11) is 0. The third-order valence-corrected chi connectivity index (χ3v) is 4.26. The SMILES string of the molecule is C=C(OCC(C)CC)c1ccc(-c2ccc(F)c(C)c2)cc1C. The molecule has 0 aliphatic carbocycles. The maximum atomic E-state index is 13.4. The van der Waals surface area contributed by atoms with E-state index in [2.05, 4.69) is 26.5 Å². The van der Waals surface area contributed by atoms with Crippen molar-refractivity contribution in [3.8, 4) is 11.1 Å². The Morgan fingerprint density at radius 2 is 1.70 bits per heavy atom. The predicted molar refractivity (Wildman–Crippen MR) is 95.8 cm³/mol. The van der Waals surface area contributed by atoms with Gasteiger partial charge < -0.3 is 4.74 Å². The first-order valence-corrected chi connectivity index (χ1v) is 8.11. The summed E-state index contributed by atoms with van der Waals surface area (Å²) in [5.41, 5.74) is 4.88. The lowest BCUT2D eigenvalue weighted by molar-refractivity contribution is 0.223. The zero-order valence-corrected chi connectivity index (χ0v) is 14.4. The van der Waals surface area contributed by atoms with Gasteiger partial charge in [0.1, 0.15) is 11.6 Å². The first kappa shape index (κ1) is 17.3. The Bertz CT molecular complexity index is 703. The second kappa shape index (κ2) is 7.45. The van der Waals surface area contributed by atoms with E-state index >= 15 is 0 Å². The van der Waals surface area contributed by atoms with Crippen molar-refractivity contribution in [1.82, 2.24) is 0 Å². The summed E-state index contributed by atoms with van der Waals surface area (Å²) in [4.78, 5) is 0. The largest absolute Gasteiger partial charge is 0.493 e. The van der Waals surface area contributed by atoms with Gasteiger partial charge in [0.05, 0.1) is 6.61 Å². The summed E-state index contributed by atoms with van der Waals surface area (Å²) in [6.07, 6.45) is 1.09. The molecule has 0 aromatic heterocycles. The topological polar surface area (TPSA) is 9.23 Å². The maximum absolute atomic E-state index is 13.4. The number of aryl methyl sites for hydroxylation is 2. The molecule has 0 heterocycles. The van der Waals surface area contributed by atoms with Gasteiger partial charge in [-0.15, -0.1) is 0 Å². The molecular formula is C21H25FO. The number of ether oxygens (including phenoxy) is 1. The quantitative estimate of drug-likeness (QED) is 0.582. The molecule has 1 nitrogen and oxygen atoms in total. The molecule has 2 heteroatoms. The highest BCUT2D eigenvalue weighted by atomic mass is 19.1. The van der Waals surface area contributed by atoms with Gasteiger partial charge in [-0.2, -0.15) is 0 Å². The fraction of sp³-hybridized carbons (Fsp3) is 0.333. The van der Waals surface area contributed by atoms with Gasteiger partial charge in [-0.25, -0.2) is 4.39 Å². The first-order valence-electron chi connectivity index (χ1n) is 8.11. The molecule has 0 aliphatic rings. The Kier molecular flexibility index (Phi) is 5.59. The van der Waals surface area contributed by atoms with E-state index < -0.39 is 0 Å². The molecule has 0 saturated heterocycles. The standard InChI is InChI=1S/C21H25FO/c1-6-14(2)13-23-17(5)20-9-7-18(11-15(20)3)19-8-10-21(22)16(4)12-19/h7-12,14H,5-6,13H2,1-4H3. The van der Waals surface area contributed by atoms with Crippen LogP contribution in [0.5, 0.6) is 0 Å². The smallest absolute Gasteiger partial charge is 0.126 e. The minimum atomic E-state index is -0.172. The number of halogens is 1. The molecule has 0 N–H and O–H groups in total. The molecule has 0 aliphatic heterocycles. The van der Waals surface area contributed by atoms with Crippen molar-refractivity contribution in [3.05, 3.63) is 65.5 Å². The maximum Gasteiger partial charge on any atom is 0.126 e. The molecule has 2 rings (SSSR count). The van der Waals surface area contributed by atoms with Crippen LogP contribution < -0.4 is 0 Å². The third-order valence-electron chi connectivity index (χ3n) is 4.26. The van der Waals surface area contributed by atoms with Crippen LogP contribution in [0.15, 0.2) is 43.0 Å². The second-order valence-electron chi connectivity index (χ2n) is 6.24. The van der Waals surface area contributed by atoms with Crippen LogP contribution in [0, 0.1) is 25.6 Å². The van der Waals surface area contributed by atoms with Gasteiger partial charge in [-0.1, -0.05) is 51.1 Å². The number of hydrogen-bond acceptors (Lipinski definition) is 1. The van der Waals surface area contributed by atoms with Crippen LogP contribution in [0.2, 0.25) is 0 Å². The Balaban J connectivity index is 2.20. The lowest BCUT2D eigenvalue weighted by atomic mass is 9.98. The third kappa shape index (κ3) is 4.22. The fourth-order valence-electron chi connectivity index (χ4n) is 2.42. The predicted octanol–water partition coefficient (Wildman–Crippen LogP) is 6.14. The van der Waals surface area contributed by atoms with Crippen molar-refractivity contribution < 1.29 is 9.13 Å². The van der Waals surface area contributed by atoms with Gasteiger partial charge in [-0.3, -0.25) is 0 Å². The van der Waals surface area contributed by atoms with Gasteiger partial charge >= 0.3 is 0 Å². The molecule has 2 aromatic rings. The Labute approximate surface area is 138 Å². The van der Waals surface area contributed by atoms with Crippen LogP contribution in [0.1, 0.15) is 37.0 Å². The van der Waals surface area contributed by atoms with Gasteiger partial charge in [0.2, 0.25) is 0 Å². The summed E-state index contributed by atoms with van der Waals surface area (Å²) in [5.74, 6) is 1.06. The Morgan fingerprint density at radius 1 is 1.09 bits per heavy atom. The minimum Gasteiger partial charge on any atom is -0.493 e. The van der Waals surface area contributed by atoms with Crippen molar-refractivity contribution in [1.29, 1.82) is 0 Å². The van der Waals surface area contributed by atoms with E-state index in [1.165, 1.54) is 6.07 Å². The van der Waals surface area contributed by atoms with E-state index in [0.29, 0.717) is 23.8 Å². The molecule has 0 bridgehead atoms. The number of rotatable bonds is 6. The molecule has 1 atom stereocenters. The zero-order chi connectivity index (χ0) is 17.0. The van der Waals surface area contributed by atoms with Crippen molar-refractivity contribution >= 4 is 5.76 Å². The lowest BCUT2D eigenvalue weighted by Gasteiger charge is -2.15. The number of hydrogen-bond donors (Lipinski definition) is 0. The van der Waals surface area contributed by atoms with Crippen molar-refractivity contribution in [2.75, 3.05) is 6.61 Å². The normalized spacial score (nSPS) is 12.0. The van der Waals surface area contributed by atoms with Crippen LogP contribution >= 0.6 is 0 Å². The number of benzene rings is 2. The Morgan fingerprint density at radius 3 is 2.26 bits per heavy atom. The van der Waals surface area contributed by atoms with Crippen LogP contribution in [0.3, 0.4) is 0 Å². The molecule has 0 amide bonds. The monoisotopic (exact) mass is 312 g/mol. The van der Waals surface area contributed by atoms with Crippen molar-refractivity contribution in [2.24, 2.45) is 5.92 Å². The molecule has 0 radical (unpaired) electrons. The molecule has 0 spiro atoms. The minimum absolute atomic E-state index is 0.172. The van der Waals surface area contributed by atoms with Crippen molar-refractivity contribution in [2.45, 2.75) is 34.1 Å². The first-order chi connectivity index (χ1) is 10.9. The Hall–Kier alpha value is -2.09. The molecule has 2 aromatic carbocycles. The van der Waals surface area contributed by atoms with E-state index in [0.717, 1.165) is 28.7 Å². The van der Waals surface area contributed by atoms with Gasteiger partial charge in [-0.05, 0) is 54.2 Å². The van der Waals surface area contributed by atoms with Crippen LogP contribution in [-0.4, -0.2) is 6.61 Å². The van der Waals surface area contributed by atoms with E-state index in [1.54, 1.807) is 6.92 Å². The summed E-state index contributed by atoms with van der Waals surface area (Å²) < 4.78 is 19.2. The molecule has 1 unspecified atom stereocenters. The van der Waals surface area contributed by atoms with E-state index in [9.17, 15) is 4.39 Å². The summed E-state index contributed by atoms with van der Waals surface area (Å²) in [5, 5.41) is 0.